The molecule has 0 radical (unpaired) electrons. The van der Waals surface area contributed by atoms with E-state index in [0.29, 0.717) is 23.3 Å². The zero-order chi connectivity index (χ0) is 12.7. The Labute approximate surface area is 114 Å². The van der Waals surface area contributed by atoms with E-state index in [0.717, 1.165) is 16.8 Å². The first kappa shape index (κ1) is 12.0. The van der Waals surface area contributed by atoms with E-state index in [9.17, 15) is 4.79 Å². The largest absolute Gasteiger partial charge is 0.383 e. The number of nitrogens with one attached hydrogen (secondary N) is 1. The first-order valence-electron chi connectivity index (χ1n) is 6.35. The zero-order valence-electron chi connectivity index (χ0n) is 10.0. The van der Waals surface area contributed by atoms with Crippen LogP contribution in [0.2, 0.25) is 0 Å². The second-order valence-electron chi connectivity index (χ2n) is 5.34. The number of fused-ring (bicyclic) bond motifs is 2. The topological polar surface area (TPSA) is 68.0 Å². The first-order valence-corrected chi connectivity index (χ1v) is 7.14. The van der Waals surface area contributed by atoms with Gasteiger partial charge in [-0.05, 0) is 53.1 Å². The summed E-state index contributed by atoms with van der Waals surface area (Å²) in [6, 6.07) is 2.06. The van der Waals surface area contributed by atoms with Gasteiger partial charge in [0.15, 0.2) is 0 Å². The SMILES string of the molecule is Nc1ncc(Br)cc1C(=O)NC1CC2CCC1C2. The van der Waals surface area contributed by atoms with Crippen molar-refractivity contribution in [3.63, 3.8) is 0 Å². The molecule has 2 aliphatic rings. The zero-order valence-corrected chi connectivity index (χ0v) is 11.6. The molecule has 18 heavy (non-hydrogen) atoms. The quantitative estimate of drug-likeness (QED) is 0.881. The number of nitrogens with zero attached hydrogens (tertiary/aromatic N) is 1. The molecule has 1 aromatic heterocycles. The Morgan fingerprint density at radius 1 is 1.44 bits per heavy atom. The highest BCUT2D eigenvalue weighted by atomic mass is 79.9. The smallest absolute Gasteiger partial charge is 0.255 e. The monoisotopic (exact) mass is 309 g/mol. The van der Waals surface area contributed by atoms with Crippen molar-refractivity contribution in [3.8, 4) is 0 Å². The molecule has 1 aromatic rings. The highest BCUT2D eigenvalue weighted by Crippen LogP contribution is 2.44. The molecular formula is C13H16BrN3O. The number of halogens is 1. The lowest BCUT2D eigenvalue weighted by Crippen LogP contribution is -2.38. The van der Waals surface area contributed by atoms with Crippen molar-refractivity contribution in [1.82, 2.24) is 10.3 Å². The fourth-order valence-electron chi connectivity index (χ4n) is 3.30. The Morgan fingerprint density at radius 2 is 2.28 bits per heavy atom. The van der Waals surface area contributed by atoms with Crippen molar-refractivity contribution in [3.05, 3.63) is 22.3 Å². The van der Waals surface area contributed by atoms with Gasteiger partial charge in [-0.3, -0.25) is 4.79 Å². The molecule has 4 nitrogen and oxygen atoms in total. The van der Waals surface area contributed by atoms with Gasteiger partial charge in [0.2, 0.25) is 0 Å². The van der Waals surface area contributed by atoms with Gasteiger partial charge < -0.3 is 11.1 Å². The third-order valence-electron chi connectivity index (χ3n) is 4.18. The van der Waals surface area contributed by atoms with Gasteiger partial charge in [-0.25, -0.2) is 4.98 Å². The van der Waals surface area contributed by atoms with Crippen molar-refractivity contribution >= 4 is 27.7 Å². The minimum Gasteiger partial charge on any atom is -0.383 e. The lowest BCUT2D eigenvalue weighted by atomic mass is 9.95. The molecule has 2 fully saturated rings. The minimum absolute atomic E-state index is 0.0983. The van der Waals surface area contributed by atoms with E-state index in [1.54, 1.807) is 12.3 Å². The van der Waals surface area contributed by atoms with Crippen LogP contribution >= 0.6 is 15.9 Å². The van der Waals surface area contributed by atoms with E-state index in [-0.39, 0.29) is 5.91 Å². The van der Waals surface area contributed by atoms with Crippen LogP contribution in [0.25, 0.3) is 0 Å². The summed E-state index contributed by atoms with van der Waals surface area (Å²) < 4.78 is 0.773. The molecule has 1 heterocycles. The van der Waals surface area contributed by atoms with Gasteiger partial charge in [0.1, 0.15) is 5.82 Å². The second kappa shape index (κ2) is 4.53. The van der Waals surface area contributed by atoms with Crippen molar-refractivity contribution < 1.29 is 4.79 Å². The Morgan fingerprint density at radius 3 is 2.94 bits per heavy atom. The molecule has 3 unspecified atom stereocenters. The summed E-state index contributed by atoms with van der Waals surface area (Å²) in [6.45, 7) is 0. The molecule has 0 aromatic carbocycles. The van der Waals surface area contributed by atoms with E-state index in [4.69, 9.17) is 5.73 Å². The number of carbonyl (C=O) groups excluding carboxylic acids is 1. The number of hydrogen-bond donors (Lipinski definition) is 2. The van der Waals surface area contributed by atoms with Crippen molar-refractivity contribution in [2.75, 3.05) is 5.73 Å². The molecule has 1 amide bonds. The third kappa shape index (κ3) is 2.11. The molecule has 3 atom stereocenters. The van der Waals surface area contributed by atoms with Gasteiger partial charge in [0.05, 0.1) is 5.56 Å². The molecule has 2 aliphatic carbocycles. The number of nitrogens with two attached hydrogens (primary N) is 1. The fraction of sp³-hybridized carbons (Fsp3) is 0.538. The predicted octanol–water partition coefficient (Wildman–Crippen LogP) is 2.34. The van der Waals surface area contributed by atoms with Crippen LogP contribution in [0.1, 0.15) is 36.0 Å². The average Bonchev–Trinajstić information content (AvgIpc) is 2.94. The van der Waals surface area contributed by atoms with E-state index >= 15 is 0 Å². The van der Waals surface area contributed by atoms with Gasteiger partial charge in [0.25, 0.3) is 5.91 Å². The number of rotatable bonds is 2. The van der Waals surface area contributed by atoms with Crippen LogP contribution in [0.15, 0.2) is 16.7 Å². The fourth-order valence-corrected chi connectivity index (χ4v) is 3.63. The molecular weight excluding hydrogens is 294 g/mol. The molecule has 3 rings (SSSR count). The number of amides is 1. The van der Waals surface area contributed by atoms with Crippen LogP contribution < -0.4 is 11.1 Å². The van der Waals surface area contributed by atoms with Gasteiger partial charge >= 0.3 is 0 Å². The minimum atomic E-state index is -0.0983. The molecule has 0 saturated heterocycles. The van der Waals surface area contributed by atoms with Crippen LogP contribution in [0.5, 0.6) is 0 Å². The Hall–Kier alpha value is -1.10. The van der Waals surface area contributed by atoms with Crippen LogP contribution in [0, 0.1) is 11.8 Å². The van der Waals surface area contributed by atoms with Crippen LogP contribution in [0.4, 0.5) is 5.82 Å². The van der Waals surface area contributed by atoms with Crippen molar-refractivity contribution in [1.29, 1.82) is 0 Å². The third-order valence-corrected chi connectivity index (χ3v) is 4.62. The summed E-state index contributed by atoms with van der Waals surface area (Å²) >= 11 is 3.31. The number of anilines is 1. The summed E-state index contributed by atoms with van der Waals surface area (Å²) in [5.74, 6) is 1.68. The number of aromatic nitrogens is 1. The van der Waals surface area contributed by atoms with E-state index < -0.39 is 0 Å². The molecule has 0 aliphatic heterocycles. The van der Waals surface area contributed by atoms with Gasteiger partial charge in [0, 0.05) is 16.7 Å². The maximum absolute atomic E-state index is 12.2. The average molecular weight is 310 g/mol. The first-order chi connectivity index (χ1) is 8.63. The maximum atomic E-state index is 12.2. The normalized spacial score (nSPS) is 29.5. The summed E-state index contributed by atoms with van der Waals surface area (Å²) in [5.41, 5.74) is 6.21. The molecule has 5 heteroatoms. The number of pyridine rings is 1. The van der Waals surface area contributed by atoms with Crippen LogP contribution in [-0.2, 0) is 0 Å². The predicted molar refractivity (Wildman–Crippen MR) is 73.1 cm³/mol. The second-order valence-corrected chi connectivity index (χ2v) is 6.26. The highest BCUT2D eigenvalue weighted by molar-refractivity contribution is 9.10. The van der Waals surface area contributed by atoms with E-state index in [1.807, 2.05) is 0 Å². The van der Waals surface area contributed by atoms with Crippen molar-refractivity contribution in [2.24, 2.45) is 11.8 Å². The van der Waals surface area contributed by atoms with Crippen LogP contribution in [0.3, 0.4) is 0 Å². The maximum Gasteiger partial charge on any atom is 0.255 e. The van der Waals surface area contributed by atoms with Crippen molar-refractivity contribution in [2.45, 2.75) is 31.7 Å². The molecule has 3 N–H and O–H groups in total. The highest BCUT2D eigenvalue weighted by Gasteiger charge is 2.40. The Kier molecular flexibility index (Phi) is 3.01. The van der Waals surface area contributed by atoms with E-state index in [1.165, 1.54) is 19.3 Å². The molecule has 2 saturated carbocycles. The number of carbonyl (C=O) groups is 1. The van der Waals surface area contributed by atoms with Gasteiger partial charge in [-0.2, -0.15) is 0 Å². The number of nitrogen functional groups attached to an aromatic ring is 1. The summed E-state index contributed by atoms with van der Waals surface area (Å²) in [7, 11) is 0. The summed E-state index contributed by atoms with van der Waals surface area (Å²) in [4.78, 5) is 16.2. The Balaban J connectivity index is 1.73. The summed E-state index contributed by atoms with van der Waals surface area (Å²) in [5, 5.41) is 3.11. The number of hydrogen-bond acceptors (Lipinski definition) is 3. The molecule has 96 valence electrons. The summed E-state index contributed by atoms with van der Waals surface area (Å²) in [6.07, 6.45) is 6.58. The molecule has 0 spiro atoms. The van der Waals surface area contributed by atoms with E-state index in [2.05, 4.69) is 26.2 Å². The lowest BCUT2D eigenvalue weighted by molar-refractivity contribution is 0.0923. The van der Waals surface area contributed by atoms with Gasteiger partial charge in [-0.1, -0.05) is 6.42 Å². The Bertz CT molecular complexity index is 491. The molecule has 2 bridgehead atoms. The standard InChI is InChI=1S/C13H16BrN3O/c14-9-5-10(12(15)16-6-9)13(18)17-11-4-7-1-2-8(11)3-7/h5-8,11H,1-4H2,(H2,15,16)(H,17,18). The van der Waals surface area contributed by atoms with Crippen LogP contribution in [-0.4, -0.2) is 16.9 Å². The van der Waals surface area contributed by atoms with Gasteiger partial charge in [-0.15, -0.1) is 0 Å². The lowest BCUT2D eigenvalue weighted by Gasteiger charge is -2.23.